The van der Waals surface area contributed by atoms with Crippen molar-refractivity contribution < 1.29 is 9.53 Å². The highest BCUT2D eigenvalue weighted by molar-refractivity contribution is 5.88. The Labute approximate surface area is 124 Å². The molecule has 0 aliphatic carbocycles. The van der Waals surface area contributed by atoms with Crippen LogP contribution in [0.25, 0.3) is 0 Å². The maximum absolute atomic E-state index is 11.2. The van der Waals surface area contributed by atoms with E-state index in [1.165, 1.54) is 30.6 Å². The lowest BCUT2D eigenvalue weighted by molar-refractivity contribution is 0.0600. The molecule has 1 aromatic heterocycles. The fraction of sp³-hybridized carbons (Fsp3) is 0.312. The van der Waals surface area contributed by atoms with Crippen LogP contribution < -0.4 is 5.32 Å². The van der Waals surface area contributed by atoms with Gasteiger partial charge in [0, 0.05) is 18.9 Å². The molecule has 2 aromatic rings. The molecular weight excluding hydrogens is 266 g/mol. The maximum Gasteiger partial charge on any atom is 0.341 e. The number of esters is 1. The Bertz CT molecular complexity index is 597. The summed E-state index contributed by atoms with van der Waals surface area (Å²) in [6.07, 6.45) is 4.92. The molecule has 0 spiro atoms. The second-order valence-electron chi connectivity index (χ2n) is 4.81. The van der Waals surface area contributed by atoms with Crippen molar-refractivity contribution in [1.82, 2.24) is 9.97 Å². The van der Waals surface area contributed by atoms with Gasteiger partial charge in [-0.3, -0.25) is 0 Å². The van der Waals surface area contributed by atoms with Gasteiger partial charge in [-0.05, 0) is 25.3 Å². The summed E-state index contributed by atoms with van der Waals surface area (Å²) in [7, 11) is 1.33. The third-order valence-electron chi connectivity index (χ3n) is 3.08. The lowest BCUT2D eigenvalue weighted by atomic mass is 10.1. The van der Waals surface area contributed by atoms with Crippen molar-refractivity contribution in [2.45, 2.75) is 19.8 Å². The molecule has 0 amide bonds. The largest absolute Gasteiger partial charge is 0.465 e. The van der Waals surface area contributed by atoms with Crippen molar-refractivity contribution in [3.63, 3.8) is 0 Å². The molecule has 1 heterocycles. The molecule has 0 fully saturated rings. The summed E-state index contributed by atoms with van der Waals surface area (Å²) in [5, 5.41) is 3.14. The predicted molar refractivity (Wildman–Crippen MR) is 81.4 cm³/mol. The molecule has 2 rings (SSSR count). The second kappa shape index (κ2) is 7.38. The lowest BCUT2D eigenvalue weighted by Crippen LogP contribution is -2.08. The van der Waals surface area contributed by atoms with E-state index in [2.05, 4.69) is 51.2 Å². The Morgan fingerprint density at radius 3 is 2.71 bits per heavy atom. The molecule has 5 heteroatoms. The summed E-state index contributed by atoms with van der Waals surface area (Å²) >= 11 is 0. The van der Waals surface area contributed by atoms with Crippen molar-refractivity contribution in [3.05, 3.63) is 53.3 Å². The zero-order valence-electron chi connectivity index (χ0n) is 12.3. The molecule has 0 aliphatic rings. The maximum atomic E-state index is 11.2. The molecule has 0 bridgehead atoms. The van der Waals surface area contributed by atoms with Gasteiger partial charge in [-0.25, -0.2) is 14.8 Å². The van der Waals surface area contributed by atoms with Gasteiger partial charge in [0.1, 0.15) is 0 Å². The minimum atomic E-state index is -0.430. The fourth-order valence-corrected chi connectivity index (χ4v) is 2.00. The van der Waals surface area contributed by atoms with E-state index in [4.69, 9.17) is 0 Å². The number of nitrogens with one attached hydrogen (secondary N) is 1. The number of hydrogen-bond acceptors (Lipinski definition) is 5. The summed E-state index contributed by atoms with van der Waals surface area (Å²) in [4.78, 5) is 19.4. The summed E-state index contributed by atoms with van der Waals surface area (Å²) in [5.74, 6) is 0.0906. The average molecular weight is 285 g/mol. The van der Waals surface area contributed by atoms with Crippen LogP contribution in [-0.4, -0.2) is 29.6 Å². The Morgan fingerprint density at radius 2 is 2.05 bits per heavy atom. The highest BCUT2D eigenvalue weighted by Crippen LogP contribution is 2.07. The third kappa shape index (κ3) is 4.56. The number of aryl methyl sites for hydroxylation is 2. The normalized spacial score (nSPS) is 10.2. The van der Waals surface area contributed by atoms with Gasteiger partial charge in [0.15, 0.2) is 0 Å². The first-order valence-corrected chi connectivity index (χ1v) is 6.89. The van der Waals surface area contributed by atoms with Crippen LogP contribution in [0.4, 0.5) is 5.95 Å². The van der Waals surface area contributed by atoms with Crippen LogP contribution in [0.2, 0.25) is 0 Å². The molecule has 1 aromatic carbocycles. The monoisotopic (exact) mass is 285 g/mol. The van der Waals surface area contributed by atoms with E-state index in [1.54, 1.807) is 0 Å². The molecule has 21 heavy (non-hydrogen) atoms. The first kappa shape index (κ1) is 15.0. The van der Waals surface area contributed by atoms with E-state index in [9.17, 15) is 4.79 Å². The molecule has 0 saturated heterocycles. The minimum absolute atomic E-state index is 0.350. The van der Waals surface area contributed by atoms with E-state index in [1.807, 2.05) is 0 Å². The second-order valence-corrected chi connectivity index (χ2v) is 4.81. The van der Waals surface area contributed by atoms with Crippen LogP contribution in [0.5, 0.6) is 0 Å². The van der Waals surface area contributed by atoms with Gasteiger partial charge >= 0.3 is 5.97 Å². The fourth-order valence-electron chi connectivity index (χ4n) is 2.00. The van der Waals surface area contributed by atoms with Gasteiger partial charge in [-0.1, -0.05) is 29.8 Å². The van der Waals surface area contributed by atoms with Gasteiger partial charge in [-0.15, -0.1) is 0 Å². The number of anilines is 1. The average Bonchev–Trinajstić information content (AvgIpc) is 2.51. The number of nitrogens with zero attached hydrogens (tertiary/aromatic N) is 2. The minimum Gasteiger partial charge on any atom is -0.465 e. The smallest absolute Gasteiger partial charge is 0.341 e. The molecule has 0 atom stereocenters. The van der Waals surface area contributed by atoms with Gasteiger partial charge < -0.3 is 10.1 Å². The van der Waals surface area contributed by atoms with E-state index in [-0.39, 0.29) is 0 Å². The number of carbonyl (C=O) groups is 1. The summed E-state index contributed by atoms with van der Waals surface area (Å²) in [6.45, 7) is 2.88. The van der Waals surface area contributed by atoms with Crippen molar-refractivity contribution in [2.24, 2.45) is 0 Å². The number of ether oxygens (including phenoxy) is 1. The summed E-state index contributed by atoms with van der Waals surface area (Å²) < 4.78 is 4.59. The van der Waals surface area contributed by atoms with Crippen LogP contribution in [0.3, 0.4) is 0 Å². The highest BCUT2D eigenvalue weighted by atomic mass is 16.5. The Balaban J connectivity index is 1.77. The van der Waals surface area contributed by atoms with Crippen LogP contribution in [0, 0.1) is 6.92 Å². The Kier molecular flexibility index (Phi) is 5.26. The molecular formula is C16H19N3O2. The zero-order chi connectivity index (χ0) is 15.1. The Hall–Kier alpha value is -2.43. The summed E-state index contributed by atoms with van der Waals surface area (Å²) in [5.41, 5.74) is 2.96. The van der Waals surface area contributed by atoms with Gasteiger partial charge in [-0.2, -0.15) is 0 Å². The van der Waals surface area contributed by atoms with E-state index in [0.717, 1.165) is 19.4 Å². The predicted octanol–water partition coefficient (Wildman–Crippen LogP) is 2.62. The van der Waals surface area contributed by atoms with Gasteiger partial charge in [0.2, 0.25) is 5.95 Å². The number of hydrogen-bond donors (Lipinski definition) is 1. The number of methoxy groups -OCH3 is 1. The highest BCUT2D eigenvalue weighted by Gasteiger charge is 2.06. The molecule has 1 N–H and O–H groups in total. The van der Waals surface area contributed by atoms with Crippen LogP contribution >= 0.6 is 0 Å². The quantitative estimate of drug-likeness (QED) is 0.653. The Morgan fingerprint density at radius 1 is 1.29 bits per heavy atom. The van der Waals surface area contributed by atoms with E-state index in [0.29, 0.717) is 11.5 Å². The van der Waals surface area contributed by atoms with Crippen molar-refractivity contribution in [3.8, 4) is 0 Å². The molecule has 0 unspecified atom stereocenters. The van der Waals surface area contributed by atoms with Crippen LogP contribution in [0.1, 0.15) is 27.9 Å². The number of carbonyl (C=O) groups excluding carboxylic acids is 1. The van der Waals surface area contributed by atoms with Crippen molar-refractivity contribution in [2.75, 3.05) is 19.0 Å². The molecule has 0 aliphatic heterocycles. The van der Waals surface area contributed by atoms with Gasteiger partial charge in [0.05, 0.1) is 12.7 Å². The summed E-state index contributed by atoms with van der Waals surface area (Å²) in [6, 6.07) is 8.50. The molecule has 5 nitrogen and oxygen atoms in total. The first-order valence-electron chi connectivity index (χ1n) is 6.89. The first-order chi connectivity index (χ1) is 10.2. The van der Waals surface area contributed by atoms with Crippen molar-refractivity contribution in [1.29, 1.82) is 0 Å². The zero-order valence-corrected chi connectivity index (χ0v) is 12.3. The third-order valence-corrected chi connectivity index (χ3v) is 3.08. The van der Waals surface area contributed by atoms with Crippen molar-refractivity contribution >= 4 is 11.9 Å². The lowest BCUT2D eigenvalue weighted by Gasteiger charge is -2.06. The molecule has 0 saturated carbocycles. The van der Waals surface area contributed by atoms with E-state index < -0.39 is 5.97 Å². The van der Waals surface area contributed by atoms with Crippen LogP contribution in [-0.2, 0) is 11.2 Å². The number of benzene rings is 1. The SMILES string of the molecule is COC(=O)c1cnc(NCCCc2cccc(C)c2)nc1. The standard InChI is InChI=1S/C16H19N3O2/c1-12-5-3-6-13(9-12)7-4-8-17-16-18-10-14(11-19-16)15(20)21-2/h3,5-6,9-11H,4,7-8H2,1-2H3,(H,17,18,19). The molecule has 0 radical (unpaired) electrons. The number of rotatable bonds is 6. The van der Waals surface area contributed by atoms with Gasteiger partial charge in [0.25, 0.3) is 0 Å². The number of aromatic nitrogens is 2. The van der Waals surface area contributed by atoms with E-state index >= 15 is 0 Å². The topological polar surface area (TPSA) is 64.1 Å². The molecule has 110 valence electrons. The van der Waals surface area contributed by atoms with Crippen LogP contribution in [0.15, 0.2) is 36.7 Å².